The standard InChI is InChI=1S/C29H38BrCl2N3O6S3/c30-24-18-27(42-28(24)32)44(40,41)34-15-10-21(11-16-34)4-1-3-20-8-13-33(14-9-20)26-7-6-23(17-25(26)31)43(38,39)35-12-2-5-22(19-35)29(36)37/h6-7,17-18,20-22H,1-5,8-16,19H2,(H,36,37). The van der Waals surface area contributed by atoms with Gasteiger partial charge in [-0.25, -0.2) is 16.8 Å². The third-order valence-corrected chi connectivity index (χ3v) is 16.2. The van der Waals surface area contributed by atoms with Crippen molar-refractivity contribution in [2.45, 2.75) is 66.9 Å². The zero-order valence-electron chi connectivity index (χ0n) is 24.3. The molecule has 9 nitrogen and oxygen atoms in total. The average molecular weight is 772 g/mol. The smallest absolute Gasteiger partial charge is 0.307 e. The molecule has 0 amide bonds. The number of hydrogen-bond acceptors (Lipinski definition) is 7. The summed E-state index contributed by atoms with van der Waals surface area (Å²) in [6.07, 6.45) is 8.20. The van der Waals surface area contributed by atoms with Crippen molar-refractivity contribution in [3.05, 3.63) is 38.1 Å². The number of thiophene rings is 1. The first-order chi connectivity index (χ1) is 20.9. The highest BCUT2D eigenvalue weighted by Gasteiger charge is 2.34. The normalized spacial score (nSPS) is 22.0. The van der Waals surface area contributed by atoms with Gasteiger partial charge in [-0.1, -0.05) is 42.5 Å². The lowest BCUT2D eigenvalue weighted by molar-refractivity contribution is -0.142. The third-order valence-electron chi connectivity index (χ3n) is 9.26. The minimum Gasteiger partial charge on any atom is -0.481 e. The molecule has 0 aliphatic carbocycles. The van der Waals surface area contributed by atoms with E-state index in [9.17, 15) is 26.7 Å². The number of carboxylic acids is 1. The summed E-state index contributed by atoms with van der Waals surface area (Å²) in [5.74, 6) is -0.501. The molecular formula is C29H38BrCl2N3O6S3. The molecule has 244 valence electrons. The van der Waals surface area contributed by atoms with Crippen LogP contribution >= 0.6 is 50.5 Å². The van der Waals surface area contributed by atoms with Gasteiger partial charge in [0, 0.05) is 43.7 Å². The number of benzene rings is 1. The van der Waals surface area contributed by atoms with E-state index in [4.69, 9.17) is 23.2 Å². The maximum Gasteiger partial charge on any atom is 0.307 e. The van der Waals surface area contributed by atoms with Gasteiger partial charge in [0.1, 0.15) is 8.55 Å². The van der Waals surface area contributed by atoms with Crippen LogP contribution in [0.15, 0.2) is 37.8 Å². The van der Waals surface area contributed by atoms with Gasteiger partial charge in [0.05, 0.1) is 21.5 Å². The number of carboxylic acid groups (broad SMARTS) is 1. The van der Waals surface area contributed by atoms with Crippen molar-refractivity contribution in [3.8, 4) is 0 Å². The summed E-state index contributed by atoms with van der Waals surface area (Å²) in [7, 11) is -7.33. The van der Waals surface area contributed by atoms with E-state index in [0.29, 0.717) is 58.1 Å². The van der Waals surface area contributed by atoms with Gasteiger partial charge in [0.15, 0.2) is 0 Å². The van der Waals surface area contributed by atoms with Crippen molar-refractivity contribution < 1.29 is 26.7 Å². The second-order valence-corrected chi connectivity index (χ2v) is 19.1. The number of piperidine rings is 3. The van der Waals surface area contributed by atoms with Crippen LogP contribution in [0, 0.1) is 17.8 Å². The third kappa shape index (κ3) is 7.78. The molecule has 1 N–H and O–H groups in total. The number of halogens is 3. The van der Waals surface area contributed by atoms with E-state index in [1.54, 1.807) is 22.5 Å². The molecule has 0 bridgehead atoms. The molecule has 5 rings (SSSR count). The summed E-state index contributed by atoms with van der Waals surface area (Å²) in [5, 5.41) is 9.73. The molecule has 44 heavy (non-hydrogen) atoms. The summed E-state index contributed by atoms with van der Waals surface area (Å²) in [5.41, 5.74) is 0.824. The van der Waals surface area contributed by atoms with Gasteiger partial charge in [-0.15, -0.1) is 11.3 Å². The number of rotatable bonds is 10. The van der Waals surface area contributed by atoms with E-state index >= 15 is 0 Å². The summed E-state index contributed by atoms with van der Waals surface area (Å²) < 4.78 is 56.6. The van der Waals surface area contributed by atoms with E-state index in [0.717, 1.165) is 75.1 Å². The van der Waals surface area contributed by atoms with Crippen LogP contribution in [0.3, 0.4) is 0 Å². The number of aliphatic carboxylic acids is 1. The Kier molecular flexibility index (Phi) is 11.3. The van der Waals surface area contributed by atoms with E-state index in [1.807, 2.05) is 0 Å². The van der Waals surface area contributed by atoms with Crippen LogP contribution in [0.4, 0.5) is 5.69 Å². The van der Waals surface area contributed by atoms with Gasteiger partial charge in [-0.05, 0) is 90.6 Å². The number of sulfonamides is 2. The Morgan fingerprint density at radius 3 is 2.09 bits per heavy atom. The van der Waals surface area contributed by atoms with E-state index in [2.05, 4.69) is 20.8 Å². The Hall–Kier alpha value is -0.930. The first kappa shape index (κ1) is 34.4. The summed E-state index contributed by atoms with van der Waals surface area (Å²) >= 11 is 17.1. The molecule has 1 unspecified atom stereocenters. The Morgan fingerprint density at radius 2 is 1.52 bits per heavy atom. The van der Waals surface area contributed by atoms with Gasteiger partial charge >= 0.3 is 5.97 Å². The number of carbonyl (C=O) groups is 1. The second kappa shape index (κ2) is 14.5. The van der Waals surface area contributed by atoms with E-state index in [-0.39, 0.29) is 15.6 Å². The first-order valence-corrected chi connectivity index (χ1v) is 20.3. The van der Waals surface area contributed by atoms with E-state index < -0.39 is 31.9 Å². The van der Waals surface area contributed by atoms with Gasteiger partial charge in [0.25, 0.3) is 10.0 Å². The lowest BCUT2D eigenvalue weighted by Crippen LogP contribution is -2.42. The molecule has 0 saturated carbocycles. The lowest BCUT2D eigenvalue weighted by atomic mass is 9.87. The largest absolute Gasteiger partial charge is 0.481 e. The molecule has 0 radical (unpaired) electrons. The zero-order valence-corrected chi connectivity index (χ0v) is 29.9. The lowest BCUT2D eigenvalue weighted by Gasteiger charge is -2.35. The summed E-state index contributed by atoms with van der Waals surface area (Å²) in [4.78, 5) is 13.7. The molecule has 3 aliphatic rings. The predicted octanol–water partition coefficient (Wildman–Crippen LogP) is 6.79. The Labute approximate surface area is 282 Å². The molecule has 3 aliphatic heterocycles. The molecule has 0 spiro atoms. The average Bonchev–Trinajstić information content (AvgIpc) is 3.36. The quantitative estimate of drug-likeness (QED) is 0.283. The van der Waals surface area contributed by atoms with Crippen LogP contribution in [0.5, 0.6) is 0 Å². The highest BCUT2D eigenvalue weighted by atomic mass is 79.9. The fourth-order valence-corrected chi connectivity index (χ4v) is 12.4. The van der Waals surface area contributed by atoms with Crippen molar-refractivity contribution in [1.29, 1.82) is 0 Å². The number of nitrogens with zero attached hydrogens (tertiary/aromatic N) is 3. The molecule has 1 atom stereocenters. The highest BCUT2D eigenvalue weighted by molar-refractivity contribution is 9.10. The van der Waals surface area contributed by atoms with Gasteiger partial charge in [0.2, 0.25) is 10.0 Å². The molecule has 4 heterocycles. The highest BCUT2D eigenvalue weighted by Crippen LogP contribution is 2.38. The van der Waals surface area contributed by atoms with Crippen molar-refractivity contribution in [3.63, 3.8) is 0 Å². The van der Waals surface area contributed by atoms with Crippen molar-refractivity contribution in [2.24, 2.45) is 17.8 Å². The van der Waals surface area contributed by atoms with Crippen LogP contribution in [0.1, 0.15) is 57.8 Å². The van der Waals surface area contributed by atoms with Crippen molar-refractivity contribution in [1.82, 2.24) is 8.61 Å². The van der Waals surface area contributed by atoms with Crippen molar-refractivity contribution in [2.75, 3.05) is 44.2 Å². The maximum absolute atomic E-state index is 13.2. The van der Waals surface area contributed by atoms with Crippen LogP contribution in [-0.2, 0) is 24.8 Å². The Balaban J connectivity index is 1.06. The fraction of sp³-hybridized carbons (Fsp3) is 0.621. The molecule has 1 aromatic carbocycles. The molecule has 2 aromatic rings. The molecule has 1 aromatic heterocycles. The van der Waals surface area contributed by atoms with Gasteiger partial charge in [-0.3, -0.25) is 4.79 Å². The van der Waals surface area contributed by atoms with Crippen LogP contribution < -0.4 is 4.90 Å². The maximum atomic E-state index is 13.2. The van der Waals surface area contributed by atoms with Crippen molar-refractivity contribution >= 4 is 82.2 Å². The molecule has 3 fully saturated rings. The first-order valence-electron chi connectivity index (χ1n) is 15.1. The topological polar surface area (TPSA) is 115 Å². The monoisotopic (exact) mass is 769 g/mol. The minimum atomic E-state index is -3.82. The Morgan fingerprint density at radius 1 is 0.886 bits per heavy atom. The Bertz CT molecular complexity index is 1540. The van der Waals surface area contributed by atoms with E-state index in [1.165, 1.54) is 10.4 Å². The minimum absolute atomic E-state index is 0.0186. The molecule has 3 saturated heterocycles. The molecule has 15 heteroatoms. The number of anilines is 1. The van der Waals surface area contributed by atoms with Crippen LogP contribution in [0.25, 0.3) is 0 Å². The van der Waals surface area contributed by atoms with Gasteiger partial charge in [-0.2, -0.15) is 8.61 Å². The summed E-state index contributed by atoms with van der Waals surface area (Å²) in [6, 6.07) is 6.43. The van der Waals surface area contributed by atoms with Crippen LogP contribution in [-0.4, -0.2) is 75.8 Å². The summed E-state index contributed by atoms with van der Waals surface area (Å²) in [6.45, 7) is 3.07. The second-order valence-electron chi connectivity index (χ2n) is 12.0. The van der Waals surface area contributed by atoms with Gasteiger partial charge < -0.3 is 10.0 Å². The fourth-order valence-electron chi connectivity index (χ4n) is 6.59. The number of hydrogen-bond donors (Lipinski definition) is 1. The predicted molar refractivity (Wildman–Crippen MR) is 178 cm³/mol. The zero-order chi connectivity index (χ0) is 31.6. The van der Waals surface area contributed by atoms with Crippen LogP contribution in [0.2, 0.25) is 9.36 Å². The molecular weight excluding hydrogens is 733 g/mol. The SMILES string of the molecule is O=C(O)C1CCCN(S(=O)(=O)c2ccc(N3CCC(CCCC4CCN(S(=O)(=O)c5cc(Br)c(Cl)s5)CC4)CC3)c(Cl)c2)C1.